The highest BCUT2D eigenvalue weighted by Gasteiger charge is 2.29. The predicted molar refractivity (Wildman–Crippen MR) is 61.6 cm³/mol. The molecule has 0 aromatic carbocycles. The number of nitriles is 1. The van der Waals surface area contributed by atoms with Crippen LogP contribution in [0, 0.1) is 16.7 Å². The van der Waals surface area contributed by atoms with Crippen molar-refractivity contribution in [3.05, 3.63) is 0 Å². The number of hydrogen-bond acceptors (Lipinski definition) is 4. The smallest absolute Gasteiger partial charge is 0.153 e. The van der Waals surface area contributed by atoms with Crippen LogP contribution in [0.3, 0.4) is 0 Å². The molecule has 92 valence electrons. The number of nitrogens with zero attached hydrogens (tertiary/aromatic N) is 1. The fraction of sp³-hybridized carbons (Fsp3) is 0.909. The number of rotatable bonds is 4. The fourth-order valence-electron chi connectivity index (χ4n) is 1.66. The van der Waals surface area contributed by atoms with E-state index < -0.39 is 15.3 Å². The Morgan fingerprint density at radius 2 is 1.94 bits per heavy atom. The third-order valence-corrected chi connectivity index (χ3v) is 5.25. The molecule has 4 nitrogen and oxygen atoms in total. The lowest BCUT2D eigenvalue weighted by Crippen LogP contribution is -2.32. The molecule has 5 heteroatoms. The van der Waals surface area contributed by atoms with Gasteiger partial charge in [-0.25, -0.2) is 8.42 Å². The van der Waals surface area contributed by atoms with Crippen LogP contribution in [-0.4, -0.2) is 32.6 Å². The Kier molecular flexibility index (Phi) is 4.34. The molecular weight excluding hydrogens is 226 g/mol. The van der Waals surface area contributed by atoms with Crippen LogP contribution in [0.25, 0.3) is 0 Å². The quantitative estimate of drug-likeness (QED) is 0.753. The first-order valence-corrected chi connectivity index (χ1v) is 7.29. The van der Waals surface area contributed by atoms with Gasteiger partial charge in [-0.1, -0.05) is 0 Å². The molecule has 0 N–H and O–H groups in total. The SMILES string of the molecule is CC(C)(C#N)CCS(=O)(=O)C1CCOCC1. The van der Waals surface area contributed by atoms with Gasteiger partial charge in [0.25, 0.3) is 0 Å². The van der Waals surface area contributed by atoms with Crippen molar-refractivity contribution < 1.29 is 13.2 Å². The van der Waals surface area contributed by atoms with Crippen molar-refractivity contribution in [2.75, 3.05) is 19.0 Å². The zero-order valence-electron chi connectivity index (χ0n) is 9.90. The van der Waals surface area contributed by atoms with E-state index in [9.17, 15) is 8.42 Å². The number of ether oxygens (including phenoxy) is 1. The normalized spacial score (nSPS) is 19.3. The van der Waals surface area contributed by atoms with Crippen LogP contribution in [0.15, 0.2) is 0 Å². The molecule has 1 fully saturated rings. The molecule has 0 atom stereocenters. The Labute approximate surface area is 97.5 Å². The van der Waals surface area contributed by atoms with Gasteiger partial charge in [0.05, 0.1) is 22.5 Å². The summed E-state index contributed by atoms with van der Waals surface area (Å²) in [6.45, 7) is 4.61. The average Bonchev–Trinajstić information content (AvgIpc) is 2.28. The van der Waals surface area contributed by atoms with Gasteiger partial charge in [0.1, 0.15) is 0 Å². The van der Waals surface area contributed by atoms with Gasteiger partial charge in [-0.3, -0.25) is 0 Å². The highest BCUT2D eigenvalue weighted by molar-refractivity contribution is 7.92. The monoisotopic (exact) mass is 245 g/mol. The summed E-state index contributed by atoms with van der Waals surface area (Å²) in [5, 5.41) is 8.57. The van der Waals surface area contributed by atoms with Gasteiger partial charge in [-0.05, 0) is 33.1 Å². The van der Waals surface area contributed by atoms with Gasteiger partial charge in [-0.15, -0.1) is 0 Å². The van der Waals surface area contributed by atoms with E-state index in [2.05, 4.69) is 6.07 Å². The van der Waals surface area contributed by atoms with Crippen molar-refractivity contribution in [1.82, 2.24) is 0 Å². The Hall–Kier alpha value is -0.600. The lowest BCUT2D eigenvalue weighted by Gasteiger charge is -2.23. The molecule has 0 spiro atoms. The van der Waals surface area contributed by atoms with Gasteiger partial charge in [-0.2, -0.15) is 5.26 Å². The molecule has 0 amide bonds. The topological polar surface area (TPSA) is 67.2 Å². The lowest BCUT2D eigenvalue weighted by molar-refractivity contribution is 0.0983. The molecule has 0 saturated carbocycles. The average molecular weight is 245 g/mol. The summed E-state index contributed by atoms with van der Waals surface area (Å²) in [5.74, 6) is 0.109. The van der Waals surface area contributed by atoms with Crippen LogP contribution in [-0.2, 0) is 14.6 Å². The summed E-state index contributed by atoms with van der Waals surface area (Å²) in [5.41, 5.74) is -0.557. The van der Waals surface area contributed by atoms with Gasteiger partial charge in [0.15, 0.2) is 9.84 Å². The van der Waals surface area contributed by atoms with Crippen LogP contribution in [0.4, 0.5) is 0 Å². The third kappa shape index (κ3) is 3.76. The molecule has 1 saturated heterocycles. The van der Waals surface area contributed by atoms with E-state index >= 15 is 0 Å². The van der Waals surface area contributed by atoms with Gasteiger partial charge in [0.2, 0.25) is 0 Å². The molecule has 0 radical (unpaired) electrons. The van der Waals surface area contributed by atoms with E-state index in [1.807, 2.05) is 0 Å². The maximum absolute atomic E-state index is 12.0. The minimum Gasteiger partial charge on any atom is -0.381 e. The maximum atomic E-state index is 12.0. The molecular formula is C11H19NO3S. The van der Waals surface area contributed by atoms with Crippen LogP contribution in [0.2, 0.25) is 0 Å². The standard InChI is InChI=1S/C11H19NO3S/c1-11(2,9-12)5-8-16(13,14)10-3-6-15-7-4-10/h10H,3-8H2,1-2H3. The van der Waals surface area contributed by atoms with Crippen LogP contribution in [0.1, 0.15) is 33.1 Å². The Balaban J connectivity index is 2.55. The van der Waals surface area contributed by atoms with E-state index in [-0.39, 0.29) is 11.0 Å². The fourth-order valence-corrected chi connectivity index (χ4v) is 3.69. The highest BCUT2D eigenvalue weighted by atomic mass is 32.2. The van der Waals surface area contributed by atoms with E-state index in [0.717, 1.165) is 0 Å². The molecule has 0 aliphatic carbocycles. The van der Waals surface area contributed by atoms with Crippen molar-refractivity contribution in [3.63, 3.8) is 0 Å². The van der Waals surface area contributed by atoms with Gasteiger partial charge < -0.3 is 4.74 Å². The molecule has 0 aromatic rings. The summed E-state index contributed by atoms with van der Waals surface area (Å²) < 4.78 is 29.1. The first kappa shape index (κ1) is 13.5. The molecule has 1 aliphatic heterocycles. The Bertz CT molecular complexity index is 361. The van der Waals surface area contributed by atoms with Gasteiger partial charge in [0, 0.05) is 13.2 Å². The number of sulfone groups is 1. The largest absolute Gasteiger partial charge is 0.381 e. The molecule has 1 rings (SSSR count). The van der Waals surface area contributed by atoms with E-state index in [0.29, 0.717) is 32.5 Å². The second kappa shape index (κ2) is 5.15. The van der Waals surface area contributed by atoms with Crippen LogP contribution >= 0.6 is 0 Å². The highest BCUT2D eigenvalue weighted by Crippen LogP contribution is 2.23. The van der Waals surface area contributed by atoms with Gasteiger partial charge >= 0.3 is 0 Å². The maximum Gasteiger partial charge on any atom is 0.153 e. The van der Waals surface area contributed by atoms with E-state index in [1.54, 1.807) is 13.8 Å². The Morgan fingerprint density at radius 3 is 2.44 bits per heavy atom. The molecule has 0 aromatic heterocycles. The lowest BCUT2D eigenvalue weighted by atomic mass is 9.93. The minimum absolute atomic E-state index is 0.109. The van der Waals surface area contributed by atoms with Crippen molar-refractivity contribution in [2.45, 2.75) is 38.4 Å². The summed E-state index contributed by atoms with van der Waals surface area (Å²) in [6, 6.07) is 2.13. The second-order valence-corrected chi connectivity index (χ2v) is 7.33. The summed E-state index contributed by atoms with van der Waals surface area (Å²) in [7, 11) is -3.06. The molecule has 0 unspecified atom stereocenters. The van der Waals surface area contributed by atoms with Crippen molar-refractivity contribution in [1.29, 1.82) is 5.26 Å². The van der Waals surface area contributed by atoms with Crippen molar-refractivity contribution in [2.24, 2.45) is 5.41 Å². The summed E-state index contributed by atoms with van der Waals surface area (Å²) in [4.78, 5) is 0. The number of hydrogen-bond donors (Lipinski definition) is 0. The van der Waals surface area contributed by atoms with E-state index in [4.69, 9.17) is 10.00 Å². The summed E-state index contributed by atoms with van der Waals surface area (Å²) >= 11 is 0. The molecule has 1 aliphatic rings. The molecule has 1 heterocycles. The Morgan fingerprint density at radius 1 is 1.38 bits per heavy atom. The molecule has 0 bridgehead atoms. The molecule has 16 heavy (non-hydrogen) atoms. The zero-order valence-corrected chi connectivity index (χ0v) is 10.7. The predicted octanol–water partition coefficient (Wildman–Crippen LogP) is 1.52. The summed E-state index contributed by atoms with van der Waals surface area (Å²) in [6.07, 6.45) is 1.59. The second-order valence-electron chi connectivity index (χ2n) is 4.92. The van der Waals surface area contributed by atoms with Crippen LogP contribution < -0.4 is 0 Å². The van der Waals surface area contributed by atoms with Crippen molar-refractivity contribution >= 4 is 9.84 Å². The van der Waals surface area contributed by atoms with Crippen LogP contribution in [0.5, 0.6) is 0 Å². The minimum atomic E-state index is -3.06. The third-order valence-electron chi connectivity index (χ3n) is 2.99. The van der Waals surface area contributed by atoms with Crippen molar-refractivity contribution in [3.8, 4) is 6.07 Å². The first-order valence-electron chi connectivity index (χ1n) is 5.58. The van der Waals surface area contributed by atoms with E-state index in [1.165, 1.54) is 0 Å². The first-order chi connectivity index (χ1) is 7.37. The zero-order chi connectivity index (χ0) is 12.2.